The Morgan fingerprint density at radius 2 is 2.08 bits per heavy atom. The van der Waals surface area contributed by atoms with E-state index in [1.165, 1.54) is 16.8 Å². The second kappa shape index (κ2) is 8.50. The van der Waals surface area contributed by atoms with Crippen molar-refractivity contribution < 1.29 is 9.15 Å². The molecule has 0 saturated carbocycles. The zero-order valence-electron chi connectivity index (χ0n) is 13.1. The largest absolute Gasteiger partial charge is 0.484 e. The van der Waals surface area contributed by atoms with E-state index in [0.29, 0.717) is 21.9 Å². The summed E-state index contributed by atoms with van der Waals surface area (Å²) in [6, 6.07) is 7.13. The maximum Gasteiger partial charge on any atom is 0.277 e. The third-order valence-electron chi connectivity index (χ3n) is 3.03. The van der Waals surface area contributed by atoms with Crippen molar-refractivity contribution in [3.8, 4) is 5.75 Å². The molecule has 0 bridgehead atoms. The summed E-state index contributed by atoms with van der Waals surface area (Å²) in [7, 11) is 0. The third-order valence-corrected chi connectivity index (χ3v) is 5.09. The number of hydrogen-bond donors (Lipinski definition) is 0. The van der Waals surface area contributed by atoms with Crippen LogP contribution in [0.1, 0.15) is 29.9 Å². The van der Waals surface area contributed by atoms with E-state index in [1.54, 1.807) is 35.6 Å². The van der Waals surface area contributed by atoms with Crippen LogP contribution in [0.5, 0.6) is 5.75 Å². The maximum atomic E-state index is 5.83. The summed E-state index contributed by atoms with van der Waals surface area (Å²) in [4.78, 5) is 4.58. The molecular formula is C16H16ClN3O2S2. The fourth-order valence-corrected chi connectivity index (χ4v) is 3.71. The summed E-state index contributed by atoms with van der Waals surface area (Å²) in [5.41, 5.74) is 1.05. The third kappa shape index (κ3) is 4.96. The summed E-state index contributed by atoms with van der Waals surface area (Å²) >= 11 is 9.01. The van der Waals surface area contributed by atoms with Crippen molar-refractivity contribution in [3.05, 3.63) is 51.3 Å². The zero-order valence-corrected chi connectivity index (χ0v) is 15.5. The van der Waals surface area contributed by atoms with Crippen LogP contribution in [0, 0.1) is 0 Å². The Bertz CT molecular complexity index is 774. The molecule has 24 heavy (non-hydrogen) atoms. The number of benzene rings is 1. The Morgan fingerprint density at radius 1 is 1.25 bits per heavy atom. The average Bonchev–Trinajstić information content (AvgIpc) is 3.22. The van der Waals surface area contributed by atoms with Gasteiger partial charge in [0.15, 0.2) is 6.61 Å². The lowest BCUT2D eigenvalue weighted by Crippen LogP contribution is -1.95. The van der Waals surface area contributed by atoms with Crippen molar-refractivity contribution >= 4 is 34.7 Å². The maximum absolute atomic E-state index is 5.83. The standard InChI is InChI=1S/C16H16ClN3O2S2/c1-2-3-15-18-12(9-23-15)10-24-16-20-19-14(22-16)8-21-13-6-4-11(17)5-7-13/h4-7,9H,2-3,8,10H2,1H3. The van der Waals surface area contributed by atoms with E-state index < -0.39 is 0 Å². The minimum Gasteiger partial charge on any atom is -0.484 e. The highest BCUT2D eigenvalue weighted by Gasteiger charge is 2.09. The first-order valence-corrected chi connectivity index (χ1v) is 9.74. The number of aromatic nitrogens is 3. The van der Waals surface area contributed by atoms with Gasteiger partial charge in [-0.15, -0.1) is 21.5 Å². The van der Waals surface area contributed by atoms with Gasteiger partial charge >= 0.3 is 0 Å². The van der Waals surface area contributed by atoms with Gasteiger partial charge in [-0.25, -0.2) is 4.98 Å². The van der Waals surface area contributed by atoms with Crippen molar-refractivity contribution in [2.45, 2.75) is 37.3 Å². The molecule has 3 rings (SSSR count). The highest BCUT2D eigenvalue weighted by Crippen LogP contribution is 2.23. The Morgan fingerprint density at radius 3 is 2.88 bits per heavy atom. The van der Waals surface area contributed by atoms with E-state index in [0.717, 1.165) is 24.3 Å². The van der Waals surface area contributed by atoms with Crippen LogP contribution in [0.25, 0.3) is 0 Å². The van der Waals surface area contributed by atoms with E-state index in [9.17, 15) is 0 Å². The molecule has 2 heterocycles. The predicted octanol–water partition coefficient (Wildman–Crippen LogP) is 5.00. The molecule has 0 aliphatic carbocycles. The minimum atomic E-state index is 0.229. The van der Waals surface area contributed by atoms with Crippen LogP contribution in [0.15, 0.2) is 39.3 Å². The number of thioether (sulfide) groups is 1. The quantitative estimate of drug-likeness (QED) is 0.511. The Kier molecular flexibility index (Phi) is 6.12. The molecule has 2 aromatic heterocycles. The van der Waals surface area contributed by atoms with Crippen LogP contribution in [-0.4, -0.2) is 15.2 Å². The SMILES string of the molecule is CCCc1nc(CSc2nnc(COc3ccc(Cl)cc3)o2)cs1. The second-order valence-corrected chi connectivity index (χ2v) is 7.28. The van der Waals surface area contributed by atoms with Gasteiger partial charge in [-0.05, 0) is 37.1 Å². The van der Waals surface area contributed by atoms with Gasteiger partial charge in [0.05, 0.1) is 10.7 Å². The zero-order chi connectivity index (χ0) is 16.8. The molecule has 1 aromatic carbocycles. The van der Waals surface area contributed by atoms with E-state index in [2.05, 4.69) is 27.5 Å². The summed E-state index contributed by atoms with van der Waals surface area (Å²) < 4.78 is 11.1. The molecule has 0 fully saturated rings. The summed E-state index contributed by atoms with van der Waals surface area (Å²) in [5.74, 6) is 1.87. The number of hydrogen-bond acceptors (Lipinski definition) is 7. The number of nitrogens with zero attached hydrogens (tertiary/aromatic N) is 3. The number of ether oxygens (including phenoxy) is 1. The van der Waals surface area contributed by atoms with E-state index in [-0.39, 0.29) is 6.61 Å². The van der Waals surface area contributed by atoms with Crippen LogP contribution in [0.4, 0.5) is 0 Å². The highest BCUT2D eigenvalue weighted by molar-refractivity contribution is 7.98. The van der Waals surface area contributed by atoms with Gasteiger partial charge in [-0.3, -0.25) is 0 Å². The van der Waals surface area contributed by atoms with Crippen molar-refractivity contribution in [1.29, 1.82) is 0 Å². The molecule has 0 saturated heterocycles. The molecule has 5 nitrogen and oxygen atoms in total. The lowest BCUT2D eigenvalue weighted by atomic mass is 10.3. The molecule has 0 spiro atoms. The summed E-state index contributed by atoms with van der Waals surface area (Å²) in [5, 5.41) is 12.5. The first-order valence-electron chi connectivity index (χ1n) is 7.49. The van der Waals surface area contributed by atoms with Gasteiger partial charge in [0.2, 0.25) is 0 Å². The lowest BCUT2D eigenvalue weighted by Gasteiger charge is -2.02. The molecule has 0 aliphatic rings. The molecule has 0 atom stereocenters. The van der Waals surface area contributed by atoms with E-state index in [1.807, 2.05) is 0 Å². The average molecular weight is 382 g/mol. The van der Waals surface area contributed by atoms with Crippen molar-refractivity contribution in [3.63, 3.8) is 0 Å². The van der Waals surface area contributed by atoms with Gasteiger partial charge in [0.1, 0.15) is 5.75 Å². The van der Waals surface area contributed by atoms with Gasteiger partial charge in [0, 0.05) is 16.2 Å². The Labute approximate surface area is 153 Å². The van der Waals surface area contributed by atoms with Crippen molar-refractivity contribution in [2.24, 2.45) is 0 Å². The van der Waals surface area contributed by atoms with Gasteiger partial charge in [-0.1, -0.05) is 30.3 Å². The van der Waals surface area contributed by atoms with Gasteiger partial charge in [0.25, 0.3) is 11.1 Å². The Balaban J connectivity index is 1.48. The van der Waals surface area contributed by atoms with Crippen LogP contribution < -0.4 is 4.74 Å². The van der Waals surface area contributed by atoms with Crippen molar-refractivity contribution in [1.82, 2.24) is 15.2 Å². The topological polar surface area (TPSA) is 61.0 Å². The molecule has 0 amide bonds. The second-order valence-electron chi connectivity index (χ2n) is 4.98. The van der Waals surface area contributed by atoms with Crippen LogP contribution in [0.3, 0.4) is 0 Å². The molecule has 0 N–H and O–H groups in total. The molecule has 0 radical (unpaired) electrons. The van der Waals surface area contributed by atoms with E-state index >= 15 is 0 Å². The smallest absolute Gasteiger partial charge is 0.277 e. The lowest BCUT2D eigenvalue weighted by molar-refractivity contribution is 0.252. The highest BCUT2D eigenvalue weighted by atomic mass is 35.5. The van der Waals surface area contributed by atoms with Gasteiger partial charge in [-0.2, -0.15) is 0 Å². The van der Waals surface area contributed by atoms with Crippen molar-refractivity contribution in [2.75, 3.05) is 0 Å². The van der Waals surface area contributed by atoms with Gasteiger partial charge < -0.3 is 9.15 Å². The normalized spacial score (nSPS) is 10.9. The number of thiazole rings is 1. The fraction of sp³-hybridized carbons (Fsp3) is 0.312. The minimum absolute atomic E-state index is 0.229. The first-order chi connectivity index (χ1) is 11.7. The molecule has 0 aliphatic heterocycles. The molecule has 0 unspecified atom stereocenters. The first kappa shape index (κ1) is 17.3. The molecule has 126 valence electrons. The number of halogens is 1. The van der Waals surface area contributed by atoms with E-state index in [4.69, 9.17) is 20.8 Å². The molecule has 3 aromatic rings. The predicted molar refractivity (Wildman–Crippen MR) is 95.8 cm³/mol. The van der Waals surface area contributed by atoms with Crippen LogP contribution in [-0.2, 0) is 18.8 Å². The summed E-state index contributed by atoms with van der Waals surface area (Å²) in [6.45, 7) is 2.38. The number of rotatable bonds is 8. The van der Waals surface area contributed by atoms with Crippen LogP contribution in [0.2, 0.25) is 5.02 Å². The molecule has 8 heteroatoms. The monoisotopic (exact) mass is 381 g/mol. The molecular weight excluding hydrogens is 366 g/mol. The summed E-state index contributed by atoms with van der Waals surface area (Å²) in [6.07, 6.45) is 2.14. The van der Waals surface area contributed by atoms with Crippen LogP contribution >= 0.6 is 34.7 Å². The Hall–Kier alpha value is -1.57. The number of aryl methyl sites for hydroxylation is 1. The fourth-order valence-electron chi connectivity index (χ4n) is 1.91.